The van der Waals surface area contributed by atoms with E-state index in [1.807, 2.05) is 0 Å². The number of carbonyl (C=O) groups is 2. The number of hydrogen-bond donors (Lipinski definition) is 2. The van der Waals surface area contributed by atoms with Crippen LogP contribution in [0.5, 0.6) is 11.5 Å². The number of methoxy groups -OCH3 is 2. The molecule has 152 valence electrons. The monoisotopic (exact) mass is 417 g/mol. The Labute approximate surface area is 171 Å². The molecule has 3 rings (SSSR count). The van der Waals surface area contributed by atoms with Crippen LogP contribution in [0.25, 0.3) is 0 Å². The van der Waals surface area contributed by atoms with Crippen LogP contribution in [0.4, 0.5) is 15.8 Å². The van der Waals surface area contributed by atoms with Crippen LogP contribution in [0, 0.1) is 12.7 Å². The Morgan fingerprint density at radius 2 is 2.03 bits per heavy atom. The van der Waals surface area contributed by atoms with Crippen molar-refractivity contribution in [2.45, 2.75) is 18.6 Å². The number of halogens is 1. The minimum atomic E-state index is -0.638. The Hall–Kier alpha value is -3.07. The number of ether oxygens (including phenoxy) is 2. The van der Waals surface area contributed by atoms with Crippen LogP contribution < -0.4 is 20.1 Å². The van der Waals surface area contributed by atoms with Gasteiger partial charge in [0.05, 0.1) is 25.6 Å². The number of amidine groups is 1. The van der Waals surface area contributed by atoms with Crippen LogP contribution in [0.3, 0.4) is 0 Å². The Kier molecular flexibility index (Phi) is 6.38. The molecule has 0 unspecified atom stereocenters. The molecule has 1 atom stereocenters. The number of nitrogens with one attached hydrogen (secondary N) is 2. The predicted molar refractivity (Wildman–Crippen MR) is 111 cm³/mol. The van der Waals surface area contributed by atoms with Gasteiger partial charge in [-0.1, -0.05) is 17.8 Å². The summed E-state index contributed by atoms with van der Waals surface area (Å²) in [7, 11) is 3.02. The molecular weight excluding hydrogens is 397 g/mol. The maximum Gasteiger partial charge on any atom is 0.240 e. The molecule has 1 heterocycles. The van der Waals surface area contributed by atoms with E-state index in [1.54, 1.807) is 37.3 Å². The van der Waals surface area contributed by atoms with Crippen LogP contribution in [0.2, 0.25) is 0 Å². The van der Waals surface area contributed by atoms with E-state index in [-0.39, 0.29) is 24.1 Å². The smallest absolute Gasteiger partial charge is 0.240 e. The van der Waals surface area contributed by atoms with Crippen LogP contribution >= 0.6 is 11.8 Å². The zero-order valence-electron chi connectivity index (χ0n) is 16.1. The summed E-state index contributed by atoms with van der Waals surface area (Å²) >= 11 is 1.13. The third-order valence-corrected chi connectivity index (χ3v) is 5.30. The lowest BCUT2D eigenvalue weighted by atomic mass is 10.2. The second-order valence-electron chi connectivity index (χ2n) is 6.26. The highest BCUT2D eigenvalue weighted by Gasteiger charge is 2.32. The van der Waals surface area contributed by atoms with Gasteiger partial charge in [-0.3, -0.25) is 9.59 Å². The maximum absolute atomic E-state index is 13.7. The van der Waals surface area contributed by atoms with E-state index in [4.69, 9.17) is 9.47 Å². The average Bonchev–Trinajstić information content (AvgIpc) is 3.03. The van der Waals surface area contributed by atoms with Crippen LogP contribution in [-0.2, 0) is 9.59 Å². The Morgan fingerprint density at radius 3 is 2.72 bits per heavy atom. The molecule has 7 nitrogen and oxygen atoms in total. The van der Waals surface area contributed by atoms with Crippen molar-refractivity contribution in [1.29, 1.82) is 0 Å². The zero-order chi connectivity index (χ0) is 21.0. The molecule has 0 aromatic heterocycles. The predicted octanol–water partition coefficient (Wildman–Crippen LogP) is 3.40. The summed E-state index contributed by atoms with van der Waals surface area (Å²) in [6.45, 7) is 1.66. The summed E-state index contributed by atoms with van der Waals surface area (Å²) in [4.78, 5) is 28.9. The lowest BCUT2D eigenvalue weighted by molar-refractivity contribution is -0.122. The zero-order valence-corrected chi connectivity index (χ0v) is 16.9. The Balaban J connectivity index is 1.66. The molecule has 0 bridgehead atoms. The highest BCUT2D eigenvalue weighted by molar-refractivity contribution is 8.15. The number of hydrogen-bond acceptors (Lipinski definition) is 6. The van der Waals surface area contributed by atoms with E-state index in [9.17, 15) is 14.0 Å². The minimum absolute atomic E-state index is 0.0574. The first kappa shape index (κ1) is 20.7. The molecule has 0 saturated carbocycles. The number of aryl methyl sites for hydroxylation is 1. The van der Waals surface area contributed by atoms with Gasteiger partial charge in [-0.15, -0.1) is 0 Å². The number of amides is 2. The van der Waals surface area contributed by atoms with Crippen molar-refractivity contribution in [3.63, 3.8) is 0 Å². The number of nitrogens with zero attached hydrogens (tertiary/aromatic N) is 1. The number of anilines is 1. The minimum Gasteiger partial charge on any atom is -0.497 e. The molecular formula is C20H20FN3O4S. The SMILES string of the molecule is COc1ccc(OC)c(NC(=O)C[C@@H]2SC(=Nc3ccc(C)c(F)c3)NC2=O)c1. The van der Waals surface area contributed by atoms with E-state index in [0.717, 1.165) is 11.8 Å². The van der Waals surface area contributed by atoms with Crippen LogP contribution in [0.1, 0.15) is 12.0 Å². The second-order valence-corrected chi connectivity index (χ2v) is 7.46. The fraction of sp³-hybridized carbons (Fsp3) is 0.250. The van der Waals surface area contributed by atoms with Crippen molar-refractivity contribution < 1.29 is 23.5 Å². The van der Waals surface area contributed by atoms with Gasteiger partial charge in [0, 0.05) is 12.5 Å². The fourth-order valence-electron chi connectivity index (χ4n) is 2.64. The molecule has 0 spiro atoms. The molecule has 1 fully saturated rings. The van der Waals surface area contributed by atoms with Gasteiger partial charge in [-0.2, -0.15) is 0 Å². The van der Waals surface area contributed by atoms with Gasteiger partial charge in [0.2, 0.25) is 11.8 Å². The summed E-state index contributed by atoms with van der Waals surface area (Å²) in [5.41, 5.74) is 1.35. The quantitative estimate of drug-likeness (QED) is 0.752. The van der Waals surface area contributed by atoms with Gasteiger partial charge in [-0.25, -0.2) is 9.38 Å². The van der Waals surface area contributed by atoms with E-state index in [1.165, 1.54) is 20.3 Å². The molecule has 1 aliphatic heterocycles. The first-order valence-corrected chi connectivity index (χ1v) is 9.62. The summed E-state index contributed by atoms with van der Waals surface area (Å²) in [6, 6.07) is 9.60. The molecule has 0 radical (unpaired) electrons. The van der Waals surface area contributed by atoms with E-state index >= 15 is 0 Å². The van der Waals surface area contributed by atoms with Crippen molar-refractivity contribution in [3.05, 3.63) is 47.8 Å². The van der Waals surface area contributed by atoms with Gasteiger partial charge in [-0.05, 0) is 36.8 Å². The molecule has 2 amide bonds. The molecule has 1 aliphatic rings. The second kappa shape index (κ2) is 8.95. The summed E-state index contributed by atoms with van der Waals surface area (Å²) in [5, 5.41) is 5.05. The third kappa shape index (κ3) is 5.05. The molecule has 29 heavy (non-hydrogen) atoms. The first-order chi connectivity index (χ1) is 13.9. The highest BCUT2D eigenvalue weighted by atomic mass is 32.2. The molecule has 2 aromatic rings. The maximum atomic E-state index is 13.7. The summed E-state index contributed by atoms with van der Waals surface area (Å²) < 4.78 is 24.1. The third-order valence-electron chi connectivity index (χ3n) is 4.21. The largest absolute Gasteiger partial charge is 0.497 e. The number of aliphatic imine (C=N–C) groups is 1. The summed E-state index contributed by atoms with van der Waals surface area (Å²) in [6.07, 6.45) is -0.0574. The Morgan fingerprint density at radius 1 is 1.24 bits per heavy atom. The van der Waals surface area contributed by atoms with Crippen LogP contribution in [-0.4, -0.2) is 36.5 Å². The number of carbonyl (C=O) groups excluding carboxylic acids is 2. The average molecular weight is 417 g/mol. The van der Waals surface area contributed by atoms with E-state index in [0.29, 0.717) is 33.6 Å². The summed E-state index contributed by atoms with van der Waals surface area (Å²) in [5.74, 6) is -0.00887. The van der Waals surface area contributed by atoms with Crippen molar-refractivity contribution >= 4 is 40.1 Å². The van der Waals surface area contributed by atoms with Gasteiger partial charge in [0.1, 0.15) is 22.6 Å². The van der Waals surface area contributed by atoms with Gasteiger partial charge in [0.15, 0.2) is 5.17 Å². The molecule has 2 aromatic carbocycles. The molecule has 0 aliphatic carbocycles. The normalized spacial score (nSPS) is 17.2. The van der Waals surface area contributed by atoms with Crippen molar-refractivity contribution in [1.82, 2.24) is 5.32 Å². The van der Waals surface area contributed by atoms with Gasteiger partial charge < -0.3 is 20.1 Å². The Bertz CT molecular complexity index is 980. The number of rotatable bonds is 6. The van der Waals surface area contributed by atoms with E-state index in [2.05, 4.69) is 15.6 Å². The van der Waals surface area contributed by atoms with Gasteiger partial charge in [0.25, 0.3) is 0 Å². The lowest BCUT2D eigenvalue weighted by Gasteiger charge is -2.12. The number of benzene rings is 2. The standard InChI is InChI=1S/C20H20FN3O4S/c1-11-4-5-12(8-14(11)21)22-20-24-19(26)17(29-20)10-18(25)23-15-9-13(27-2)6-7-16(15)28-3/h4-9,17H,10H2,1-3H3,(H,23,25)(H,22,24,26)/t17-/m0/s1. The molecule has 9 heteroatoms. The number of thioether (sulfide) groups is 1. The van der Waals surface area contributed by atoms with Gasteiger partial charge >= 0.3 is 0 Å². The molecule has 1 saturated heterocycles. The molecule has 2 N–H and O–H groups in total. The highest BCUT2D eigenvalue weighted by Crippen LogP contribution is 2.30. The topological polar surface area (TPSA) is 89.0 Å². The van der Waals surface area contributed by atoms with Crippen molar-refractivity contribution in [3.8, 4) is 11.5 Å². The van der Waals surface area contributed by atoms with Crippen LogP contribution in [0.15, 0.2) is 41.4 Å². The van der Waals surface area contributed by atoms with E-state index < -0.39 is 5.25 Å². The lowest BCUT2D eigenvalue weighted by Crippen LogP contribution is -2.28. The van der Waals surface area contributed by atoms with Crippen molar-refractivity contribution in [2.24, 2.45) is 4.99 Å². The first-order valence-electron chi connectivity index (χ1n) is 8.74. The van der Waals surface area contributed by atoms with Crippen molar-refractivity contribution in [2.75, 3.05) is 19.5 Å². The fourth-order valence-corrected chi connectivity index (χ4v) is 3.63.